The summed E-state index contributed by atoms with van der Waals surface area (Å²) in [6, 6.07) is 27.6. The highest BCUT2D eigenvalue weighted by atomic mass is 16.6. The van der Waals surface area contributed by atoms with E-state index in [1.165, 1.54) is 157 Å². The molecule has 14 heteroatoms. The second kappa shape index (κ2) is 40.5. The Morgan fingerprint density at radius 2 is 1.14 bits per heavy atom. The summed E-state index contributed by atoms with van der Waals surface area (Å²) in [5.41, 5.74) is 9.72. The number of hydrogen-bond acceptors (Lipinski definition) is 14. The summed E-state index contributed by atoms with van der Waals surface area (Å²) in [4.78, 5) is 0. The number of epoxide rings is 10. The number of fused-ring (bicyclic) bond motifs is 9. The van der Waals surface area contributed by atoms with E-state index in [2.05, 4.69) is 166 Å². The topological polar surface area (TPSA) is 162 Å². The van der Waals surface area contributed by atoms with Crippen LogP contribution in [0.2, 0.25) is 0 Å². The maximum Gasteiger partial charge on any atom is 0.114 e. The predicted molar refractivity (Wildman–Crippen MR) is 418 cm³/mol. The van der Waals surface area contributed by atoms with E-state index in [9.17, 15) is 0 Å². The van der Waals surface area contributed by atoms with Crippen LogP contribution in [0.5, 0.6) is 0 Å². The molecule has 26 rings (SSSR count). The van der Waals surface area contributed by atoms with E-state index in [4.69, 9.17) is 61.6 Å². The van der Waals surface area contributed by atoms with Crippen molar-refractivity contribution in [2.24, 2.45) is 40.9 Å². The molecule has 21 fully saturated rings. The van der Waals surface area contributed by atoms with Gasteiger partial charge in [-0.2, -0.15) is 0 Å². The van der Waals surface area contributed by atoms with Gasteiger partial charge in [0.25, 0.3) is 0 Å². The average molecular weight is 1460 g/mol. The largest absolute Gasteiger partial charge is 0.381 e. The number of hydrogen-bond donors (Lipinski definition) is 0. The van der Waals surface area contributed by atoms with Crippen LogP contribution in [-0.2, 0) is 72.7 Å². The highest BCUT2D eigenvalue weighted by Crippen LogP contribution is 2.70. The van der Waals surface area contributed by atoms with E-state index in [1.54, 1.807) is 11.1 Å². The lowest BCUT2D eigenvalue weighted by Crippen LogP contribution is -2.56. The van der Waals surface area contributed by atoms with E-state index >= 15 is 0 Å². The highest BCUT2D eigenvalue weighted by molar-refractivity contribution is 5.60. The Morgan fingerprint density at radius 3 is 1.58 bits per heavy atom. The molecule has 105 heavy (non-hydrogen) atoms. The minimum absolute atomic E-state index is 0.270. The van der Waals surface area contributed by atoms with Crippen molar-refractivity contribution in [1.82, 2.24) is 0 Å². The fourth-order valence-corrected chi connectivity index (χ4v) is 15.8. The summed E-state index contributed by atoms with van der Waals surface area (Å²) in [6.07, 6.45) is 41.1. The molecule has 14 aliphatic heterocycles. The minimum Gasteiger partial charge on any atom is -0.381 e. The molecular weight excluding hydrogens is 1320 g/mol. The van der Waals surface area contributed by atoms with E-state index < -0.39 is 0 Å². The first-order valence-electron chi connectivity index (χ1n) is 41.8. The number of benzene rings is 3. The van der Waals surface area contributed by atoms with Crippen molar-refractivity contribution >= 4 is 6.08 Å². The smallest absolute Gasteiger partial charge is 0.114 e. The van der Waals surface area contributed by atoms with Crippen molar-refractivity contribution in [1.29, 1.82) is 0 Å². The van der Waals surface area contributed by atoms with Crippen LogP contribution in [-0.4, -0.2) is 164 Å². The molecule has 0 N–H and O–H groups in total. The molecule has 3 aromatic rings. The minimum atomic E-state index is 0.270. The van der Waals surface area contributed by atoms with Crippen LogP contribution in [0.3, 0.4) is 0 Å². The second-order valence-corrected chi connectivity index (χ2v) is 34.1. The molecule has 7 saturated carbocycles. The second-order valence-electron chi connectivity index (χ2n) is 34.1. The first-order valence-corrected chi connectivity index (χ1v) is 41.8. The summed E-state index contributed by atoms with van der Waals surface area (Å²) >= 11 is 0. The Labute approximate surface area is 634 Å². The summed E-state index contributed by atoms with van der Waals surface area (Å²) in [6.45, 7) is 42.8. The maximum absolute atomic E-state index is 5.75. The van der Waals surface area contributed by atoms with Gasteiger partial charge >= 0.3 is 0 Å². The van der Waals surface area contributed by atoms with Crippen LogP contribution in [0, 0.1) is 40.9 Å². The Bertz CT molecular complexity index is 3010. The quantitative estimate of drug-likeness (QED) is 0.175. The molecule has 23 aliphatic rings. The molecule has 0 spiro atoms. The molecule has 21 atom stereocenters. The van der Waals surface area contributed by atoms with Gasteiger partial charge in [0.2, 0.25) is 0 Å². The normalized spacial score (nSPS) is 38.1. The van der Waals surface area contributed by atoms with E-state index in [0.29, 0.717) is 90.4 Å². The van der Waals surface area contributed by atoms with E-state index in [1.807, 2.05) is 18.2 Å². The van der Waals surface area contributed by atoms with Gasteiger partial charge in [-0.05, 0) is 225 Å². The lowest BCUT2D eigenvalue weighted by atomic mass is 9.46. The van der Waals surface area contributed by atoms with Crippen molar-refractivity contribution < 1.29 is 66.3 Å². The number of rotatable bonds is 5. The molecule has 0 aromatic heterocycles. The average Bonchev–Trinajstić information content (AvgIpc) is 1.51. The predicted octanol–water partition coefficient (Wildman–Crippen LogP) is 19.1. The molecule has 0 radical (unpaired) electrons. The number of allylic oxidation sites excluding steroid dienone is 2. The summed E-state index contributed by atoms with van der Waals surface area (Å²) in [7, 11) is 0. The van der Waals surface area contributed by atoms with E-state index in [-0.39, 0.29) is 5.60 Å². The molecule has 14 saturated heterocycles. The zero-order chi connectivity index (χ0) is 73.8. The summed E-state index contributed by atoms with van der Waals surface area (Å²) in [5.74, 6) is 6.15. The third-order valence-electron chi connectivity index (χ3n) is 24.6. The zero-order valence-corrected chi connectivity index (χ0v) is 66.5. The van der Waals surface area contributed by atoms with Crippen LogP contribution in [0.25, 0.3) is 6.08 Å². The fraction of sp³-hybridized carbons (Fsp3) is 0.736. The van der Waals surface area contributed by atoms with Gasteiger partial charge in [-0.15, -0.1) is 6.58 Å². The highest BCUT2D eigenvalue weighted by Gasteiger charge is 2.72. The van der Waals surface area contributed by atoms with Crippen LogP contribution < -0.4 is 0 Å². The van der Waals surface area contributed by atoms with Crippen molar-refractivity contribution in [2.75, 3.05) is 85.9 Å². The van der Waals surface area contributed by atoms with Gasteiger partial charge in [0.15, 0.2) is 0 Å². The van der Waals surface area contributed by atoms with E-state index in [0.717, 1.165) is 127 Å². The summed E-state index contributed by atoms with van der Waals surface area (Å²) < 4.78 is 71.1. The molecule has 9 aliphatic carbocycles. The van der Waals surface area contributed by atoms with Crippen LogP contribution in [0.1, 0.15) is 244 Å². The van der Waals surface area contributed by atoms with Crippen molar-refractivity contribution in [3.05, 3.63) is 138 Å². The third-order valence-corrected chi connectivity index (χ3v) is 24.6. The molecule has 14 nitrogen and oxygen atoms in total. The fourth-order valence-electron chi connectivity index (χ4n) is 15.8. The monoisotopic (exact) mass is 1460 g/mol. The number of ether oxygens (including phenoxy) is 14. The first kappa shape index (κ1) is 82.3. The Kier molecular flexibility index (Phi) is 31.7. The molecular formula is C91H138O14. The van der Waals surface area contributed by atoms with Crippen LogP contribution >= 0.6 is 0 Å². The molecule has 3 aromatic carbocycles. The molecule has 586 valence electrons. The van der Waals surface area contributed by atoms with Gasteiger partial charge < -0.3 is 66.3 Å². The maximum atomic E-state index is 5.75. The Morgan fingerprint density at radius 1 is 0.533 bits per heavy atom. The van der Waals surface area contributed by atoms with Gasteiger partial charge in [0, 0.05) is 39.0 Å². The van der Waals surface area contributed by atoms with Gasteiger partial charge in [0.1, 0.15) is 18.3 Å². The third kappa shape index (κ3) is 27.9. The van der Waals surface area contributed by atoms with Gasteiger partial charge in [0.05, 0.1) is 125 Å². The van der Waals surface area contributed by atoms with Crippen molar-refractivity contribution in [2.45, 2.75) is 301 Å². The van der Waals surface area contributed by atoms with Gasteiger partial charge in [-0.3, -0.25) is 0 Å². The standard InChI is InChI=1S/C10H16O.C10H8O.C10H16O.C10H10.C8H12O.C8H8O.C6H10O.C5H10O.4C4H8O.2C3H6O.C2H4O/c1-9(2)6-4-7(9)10(3)8(5-6)11-10;1-2-4-8-7(3-1)5-6-9-10(8)11-9;1-7(2)8-4-5-10(3)9(6-8)11-10;1-2-4-9-7(3-1)5-8-6-10(8)9;1-2-6-3-4-7-8(5-6)9-7;1-2-4-7(5-3-1)8-6-9-8;1-2-4-6-5(3-1)7-6;1-5-3-2-4-6-5;1-4-2-5-3-4;2*1-2-4-3-5-4;1-2-4-5-3-1;1-3-2-4-3;1-2-4-3-1;1-2-3-1/h6-8H,4-5H2,1-3H3;1-6,9-10H;8-9H,1,4-6H2,2-3H3;1-4,8,10H,5-6H2;2,6-8H,1,3-5H2;1-5,8H,6H2;5-6H,1-4H2;5H,2-4H2,1H3;3*4H,2-3H2,1H3;1-4H2;3H,2H2,1H3;1-3H2;1-2H2. The SMILES string of the molecule is C1=CC2OC2c2ccccc21.C1CCC2OC2C1.C1CCOC1.C1CO1.C1COC1.C=C(C)C1CCC2(C)OC2C1.C=CC1CCC2OC2C1.CC1(C)C2CC3OC3(C)C1C2.CC1CCCO1.CC1CO1.CC1COC1.CCC1CO1.CCC1CO1.c1ccc(C2CO2)cc1.c1ccc2c(c1)CC1CC21. The van der Waals surface area contributed by atoms with Crippen LogP contribution in [0.15, 0.2) is 110 Å². The summed E-state index contributed by atoms with van der Waals surface area (Å²) in [5, 5.41) is 0. The van der Waals surface area contributed by atoms with Crippen molar-refractivity contribution in [3.63, 3.8) is 0 Å². The molecule has 2 bridgehead atoms. The molecule has 14 heterocycles. The molecule has 21 unspecified atom stereocenters. The lowest BCUT2D eigenvalue weighted by Gasteiger charge is -2.57. The molecule has 0 amide bonds. The lowest BCUT2D eigenvalue weighted by molar-refractivity contribution is -0.0789. The first-order chi connectivity index (χ1) is 50.9. The van der Waals surface area contributed by atoms with Crippen LogP contribution in [0.4, 0.5) is 0 Å². The van der Waals surface area contributed by atoms with Gasteiger partial charge in [-0.25, -0.2) is 0 Å². The van der Waals surface area contributed by atoms with Crippen molar-refractivity contribution in [3.8, 4) is 0 Å². The van der Waals surface area contributed by atoms with Gasteiger partial charge in [-0.1, -0.05) is 157 Å². The Hall–Kier alpha value is -3.68. The zero-order valence-electron chi connectivity index (χ0n) is 66.5. The Balaban J connectivity index is 0.000000114.